The van der Waals surface area contributed by atoms with Gasteiger partial charge >= 0.3 is 5.69 Å². The normalized spacial score (nSPS) is 12.2. The molecule has 2 aromatic rings. The molecule has 0 saturated heterocycles. The molecule has 0 atom stereocenters. The Bertz CT molecular complexity index is 552. The Hall–Kier alpha value is -1.62. The minimum Gasteiger partial charge on any atom is -0.330 e. The molecule has 0 aliphatic rings. The molecule has 0 bridgehead atoms. The first kappa shape index (κ1) is 10.9. The smallest absolute Gasteiger partial charge is 0.327 e. The van der Waals surface area contributed by atoms with Crippen LogP contribution < -0.4 is 11.4 Å². The van der Waals surface area contributed by atoms with Gasteiger partial charge in [-0.2, -0.15) is 0 Å². The number of hydrogen-bond acceptors (Lipinski definition) is 3. The van der Waals surface area contributed by atoms with E-state index in [4.69, 9.17) is 5.73 Å². The Morgan fingerprint density at radius 3 is 3.00 bits per heavy atom. The number of rotatable bonds is 3. The summed E-state index contributed by atoms with van der Waals surface area (Å²) in [6, 6.07) is 1.84. The van der Waals surface area contributed by atoms with Crippen LogP contribution in [0.5, 0.6) is 0 Å². The number of aromatic nitrogens is 3. The van der Waals surface area contributed by atoms with Gasteiger partial charge in [0.2, 0.25) is 0 Å². The Morgan fingerprint density at radius 1 is 1.56 bits per heavy atom. The average Bonchev–Trinajstić information content (AvgIpc) is 2.53. The summed E-state index contributed by atoms with van der Waals surface area (Å²) in [5.41, 5.74) is 6.82. The van der Waals surface area contributed by atoms with Gasteiger partial charge in [0.15, 0.2) is 0 Å². The molecule has 5 heteroatoms. The number of nitrogens with one attached hydrogen (secondary N) is 1. The summed E-state index contributed by atoms with van der Waals surface area (Å²) in [5, 5.41) is 0. The van der Waals surface area contributed by atoms with Gasteiger partial charge in [-0.3, -0.25) is 9.55 Å². The summed E-state index contributed by atoms with van der Waals surface area (Å²) < 4.78 is 1.75. The number of fused-ring (bicyclic) bond motifs is 1. The molecule has 0 unspecified atom stereocenters. The molecule has 86 valence electrons. The highest BCUT2D eigenvalue weighted by Crippen LogP contribution is 2.21. The quantitative estimate of drug-likeness (QED) is 0.803. The van der Waals surface area contributed by atoms with Crippen LogP contribution in [-0.2, 0) is 5.54 Å². The first-order valence-electron chi connectivity index (χ1n) is 5.31. The van der Waals surface area contributed by atoms with Crippen LogP contribution in [0.15, 0.2) is 23.3 Å². The van der Waals surface area contributed by atoms with Gasteiger partial charge in [-0.1, -0.05) is 0 Å². The predicted octanol–water partition coefficient (Wildman–Crippen LogP) is 0.809. The number of H-pyrrole nitrogens is 1. The second-order valence-corrected chi connectivity index (χ2v) is 4.51. The lowest BCUT2D eigenvalue weighted by molar-refractivity contribution is 0.334. The Morgan fingerprint density at radius 2 is 2.31 bits per heavy atom. The Kier molecular flexibility index (Phi) is 2.55. The van der Waals surface area contributed by atoms with Crippen molar-refractivity contribution in [3.63, 3.8) is 0 Å². The van der Waals surface area contributed by atoms with Gasteiger partial charge in [-0.05, 0) is 32.9 Å². The van der Waals surface area contributed by atoms with Crippen molar-refractivity contribution in [2.75, 3.05) is 6.54 Å². The third-order valence-corrected chi connectivity index (χ3v) is 2.85. The first-order valence-corrected chi connectivity index (χ1v) is 5.31. The van der Waals surface area contributed by atoms with E-state index < -0.39 is 0 Å². The van der Waals surface area contributed by atoms with Crippen LogP contribution in [0.4, 0.5) is 0 Å². The van der Waals surface area contributed by atoms with Crippen LogP contribution in [0, 0.1) is 0 Å². The van der Waals surface area contributed by atoms with E-state index in [1.807, 2.05) is 19.9 Å². The highest BCUT2D eigenvalue weighted by molar-refractivity contribution is 5.74. The van der Waals surface area contributed by atoms with Gasteiger partial charge in [0, 0.05) is 11.7 Å². The molecule has 0 spiro atoms. The van der Waals surface area contributed by atoms with E-state index in [1.165, 1.54) is 0 Å². The Labute approximate surface area is 93.3 Å². The lowest BCUT2D eigenvalue weighted by Crippen LogP contribution is -2.36. The van der Waals surface area contributed by atoms with E-state index in [0.29, 0.717) is 6.54 Å². The van der Waals surface area contributed by atoms with Crippen molar-refractivity contribution < 1.29 is 0 Å². The second-order valence-electron chi connectivity index (χ2n) is 4.51. The third kappa shape index (κ3) is 1.63. The highest BCUT2D eigenvalue weighted by Gasteiger charge is 2.23. The molecular formula is C11H16N4O. The zero-order valence-electron chi connectivity index (χ0n) is 9.53. The van der Waals surface area contributed by atoms with Gasteiger partial charge in [-0.25, -0.2) is 4.79 Å². The van der Waals surface area contributed by atoms with E-state index >= 15 is 0 Å². The van der Waals surface area contributed by atoms with Crippen LogP contribution >= 0.6 is 0 Å². The molecule has 0 saturated carbocycles. The zero-order valence-corrected chi connectivity index (χ0v) is 9.53. The molecule has 0 aromatic carbocycles. The molecule has 0 aliphatic carbocycles. The fourth-order valence-corrected chi connectivity index (χ4v) is 2.02. The number of nitrogens with zero attached hydrogens (tertiary/aromatic N) is 2. The van der Waals surface area contributed by atoms with E-state index in [-0.39, 0.29) is 11.2 Å². The predicted molar refractivity (Wildman–Crippen MR) is 63.3 cm³/mol. The molecule has 0 radical (unpaired) electrons. The topological polar surface area (TPSA) is 76.7 Å². The average molecular weight is 220 g/mol. The van der Waals surface area contributed by atoms with Gasteiger partial charge in [0.05, 0.1) is 17.2 Å². The third-order valence-electron chi connectivity index (χ3n) is 2.85. The number of hydrogen-bond donors (Lipinski definition) is 2. The number of nitrogens with two attached hydrogens (primary N) is 1. The number of pyridine rings is 1. The maximum Gasteiger partial charge on any atom is 0.327 e. The minimum absolute atomic E-state index is 0.110. The van der Waals surface area contributed by atoms with Crippen molar-refractivity contribution in [3.05, 3.63) is 28.9 Å². The van der Waals surface area contributed by atoms with Crippen molar-refractivity contribution in [1.82, 2.24) is 14.5 Å². The molecule has 0 fully saturated rings. The fraction of sp³-hybridized carbons (Fsp3) is 0.455. The maximum atomic E-state index is 11.9. The summed E-state index contributed by atoms with van der Waals surface area (Å²) in [7, 11) is 0. The summed E-state index contributed by atoms with van der Waals surface area (Å²) in [6.45, 7) is 4.57. The van der Waals surface area contributed by atoms with Crippen molar-refractivity contribution in [3.8, 4) is 0 Å². The molecule has 2 rings (SSSR count). The van der Waals surface area contributed by atoms with Crippen molar-refractivity contribution in [2.45, 2.75) is 25.8 Å². The van der Waals surface area contributed by atoms with Gasteiger partial charge < -0.3 is 10.7 Å². The summed E-state index contributed by atoms with van der Waals surface area (Å²) in [5.74, 6) is 0. The van der Waals surface area contributed by atoms with E-state index in [0.717, 1.165) is 17.5 Å². The standard InChI is InChI=1S/C11H16N4O/c1-11(2,4-5-12)15-9-3-6-13-7-8(9)14-10(15)16/h3,6-7H,4-5,12H2,1-2H3,(H,14,16). The fourth-order valence-electron chi connectivity index (χ4n) is 2.02. The van der Waals surface area contributed by atoms with E-state index in [2.05, 4.69) is 9.97 Å². The van der Waals surface area contributed by atoms with Crippen LogP contribution in [0.1, 0.15) is 20.3 Å². The minimum atomic E-state index is -0.286. The van der Waals surface area contributed by atoms with Gasteiger partial charge in [-0.15, -0.1) is 0 Å². The summed E-state index contributed by atoms with van der Waals surface area (Å²) in [4.78, 5) is 18.7. The molecule has 3 N–H and O–H groups in total. The van der Waals surface area contributed by atoms with Crippen LogP contribution in [0.2, 0.25) is 0 Å². The van der Waals surface area contributed by atoms with Crippen molar-refractivity contribution >= 4 is 11.0 Å². The van der Waals surface area contributed by atoms with Crippen LogP contribution in [-0.4, -0.2) is 21.1 Å². The summed E-state index contributed by atoms with van der Waals surface area (Å²) >= 11 is 0. The molecule has 16 heavy (non-hydrogen) atoms. The largest absolute Gasteiger partial charge is 0.330 e. The molecule has 5 nitrogen and oxygen atoms in total. The first-order chi connectivity index (χ1) is 7.56. The summed E-state index contributed by atoms with van der Waals surface area (Å²) in [6.07, 6.45) is 4.10. The molecular weight excluding hydrogens is 204 g/mol. The maximum absolute atomic E-state index is 11.9. The zero-order chi connectivity index (χ0) is 11.8. The monoisotopic (exact) mass is 220 g/mol. The SMILES string of the molecule is CC(C)(CCN)n1c(=O)[nH]c2cnccc21. The lowest BCUT2D eigenvalue weighted by atomic mass is 10.0. The van der Waals surface area contributed by atoms with Crippen LogP contribution in [0.3, 0.4) is 0 Å². The van der Waals surface area contributed by atoms with Gasteiger partial charge in [0.25, 0.3) is 0 Å². The van der Waals surface area contributed by atoms with Crippen molar-refractivity contribution in [1.29, 1.82) is 0 Å². The van der Waals surface area contributed by atoms with E-state index in [1.54, 1.807) is 17.0 Å². The number of aromatic amines is 1. The molecule has 2 heterocycles. The van der Waals surface area contributed by atoms with Gasteiger partial charge in [0.1, 0.15) is 0 Å². The molecule has 2 aromatic heterocycles. The van der Waals surface area contributed by atoms with E-state index in [9.17, 15) is 4.79 Å². The van der Waals surface area contributed by atoms with Crippen LogP contribution in [0.25, 0.3) is 11.0 Å². The highest BCUT2D eigenvalue weighted by atomic mass is 16.1. The molecule has 0 aliphatic heterocycles. The van der Waals surface area contributed by atoms with Crippen molar-refractivity contribution in [2.24, 2.45) is 5.73 Å². The molecule has 0 amide bonds. The Balaban J connectivity index is 2.68. The lowest BCUT2D eigenvalue weighted by Gasteiger charge is -2.25. The second kappa shape index (κ2) is 3.75. The number of imidazole rings is 1.